The van der Waals surface area contributed by atoms with Gasteiger partial charge in [0.1, 0.15) is 0 Å². The maximum absolute atomic E-state index is 8.43. The predicted molar refractivity (Wildman–Crippen MR) is 44.9 cm³/mol. The van der Waals surface area contributed by atoms with Gasteiger partial charge in [-0.1, -0.05) is 31.2 Å². The molecule has 0 fully saturated rings. The van der Waals surface area contributed by atoms with Crippen LogP contribution in [0.5, 0.6) is 0 Å². The Morgan fingerprint density at radius 2 is 2.00 bits per heavy atom. The summed E-state index contributed by atoms with van der Waals surface area (Å²) in [6, 6.07) is 0. The molecular weight excluding hydrogens is 124 g/mol. The highest BCUT2D eigenvalue weighted by Gasteiger charge is 1.83. The number of allylic oxidation sites excluding steroid dienone is 3. The standard InChI is InChI=1S/C9H16O/c1-2-3-4-5-6-7-8-9-10/h2-4,10H,1,5-9H2/b4-3-. The molecule has 0 spiro atoms. The van der Waals surface area contributed by atoms with Gasteiger partial charge in [0, 0.05) is 6.61 Å². The molecule has 1 N–H and O–H groups in total. The minimum absolute atomic E-state index is 0.325. The van der Waals surface area contributed by atoms with E-state index in [1.165, 1.54) is 6.42 Å². The van der Waals surface area contributed by atoms with Gasteiger partial charge in [-0.15, -0.1) is 0 Å². The lowest BCUT2D eigenvalue weighted by Crippen LogP contribution is -1.81. The van der Waals surface area contributed by atoms with Crippen LogP contribution in [0.25, 0.3) is 0 Å². The highest BCUT2D eigenvalue weighted by atomic mass is 16.2. The zero-order valence-corrected chi connectivity index (χ0v) is 6.42. The molecule has 0 saturated heterocycles. The highest BCUT2D eigenvalue weighted by molar-refractivity contribution is 4.96. The van der Waals surface area contributed by atoms with E-state index in [1.54, 1.807) is 6.08 Å². The second-order valence-corrected chi connectivity index (χ2v) is 2.24. The smallest absolute Gasteiger partial charge is 0.0431 e. The molecule has 0 aliphatic heterocycles. The molecule has 1 nitrogen and oxygen atoms in total. The number of aliphatic hydroxyl groups excluding tert-OH is 1. The van der Waals surface area contributed by atoms with Crippen molar-refractivity contribution in [3.05, 3.63) is 24.8 Å². The van der Waals surface area contributed by atoms with Crippen LogP contribution in [0.2, 0.25) is 0 Å². The van der Waals surface area contributed by atoms with E-state index in [9.17, 15) is 0 Å². The van der Waals surface area contributed by atoms with E-state index < -0.39 is 0 Å². The molecule has 58 valence electrons. The predicted octanol–water partition coefficient (Wildman–Crippen LogP) is 2.28. The molecule has 0 aliphatic rings. The second kappa shape index (κ2) is 8.44. The lowest BCUT2D eigenvalue weighted by molar-refractivity contribution is 0.283. The van der Waals surface area contributed by atoms with Gasteiger partial charge in [0.2, 0.25) is 0 Å². The van der Waals surface area contributed by atoms with E-state index in [0.29, 0.717) is 6.61 Å². The van der Waals surface area contributed by atoms with Crippen molar-refractivity contribution in [2.45, 2.75) is 25.7 Å². The molecular formula is C9H16O. The fraction of sp³-hybridized carbons (Fsp3) is 0.556. The van der Waals surface area contributed by atoms with Crippen molar-refractivity contribution in [1.82, 2.24) is 0 Å². The van der Waals surface area contributed by atoms with E-state index in [4.69, 9.17) is 5.11 Å². The summed E-state index contributed by atoms with van der Waals surface area (Å²) in [5.41, 5.74) is 0. The Hall–Kier alpha value is -0.560. The Bertz CT molecular complexity index is 94.9. The van der Waals surface area contributed by atoms with Crippen molar-refractivity contribution < 1.29 is 5.11 Å². The van der Waals surface area contributed by atoms with E-state index in [2.05, 4.69) is 12.7 Å². The van der Waals surface area contributed by atoms with Crippen LogP contribution in [0.4, 0.5) is 0 Å². The lowest BCUT2D eigenvalue weighted by atomic mass is 10.2. The van der Waals surface area contributed by atoms with Gasteiger partial charge >= 0.3 is 0 Å². The first-order chi connectivity index (χ1) is 4.91. The summed E-state index contributed by atoms with van der Waals surface area (Å²) in [5, 5.41) is 8.43. The topological polar surface area (TPSA) is 20.2 Å². The van der Waals surface area contributed by atoms with Crippen LogP contribution in [0.1, 0.15) is 25.7 Å². The van der Waals surface area contributed by atoms with Gasteiger partial charge < -0.3 is 5.11 Å². The third kappa shape index (κ3) is 7.44. The van der Waals surface area contributed by atoms with Gasteiger partial charge in [0.15, 0.2) is 0 Å². The van der Waals surface area contributed by atoms with Crippen molar-refractivity contribution in [1.29, 1.82) is 0 Å². The van der Waals surface area contributed by atoms with Crippen molar-refractivity contribution in [2.24, 2.45) is 0 Å². The van der Waals surface area contributed by atoms with Crippen LogP contribution in [-0.2, 0) is 0 Å². The van der Waals surface area contributed by atoms with Crippen LogP contribution in [0, 0.1) is 0 Å². The molecule has 0 rings (SSSR count). The number of rotatable bonds is 6. The fourth-order valence-corrected chi connectivity index (χ4v) is 0.743. The average molecular weight is 140 g/mol. The lowest BCUT2D eigenvalue weighted by Gasteiger charge is -1.92. The van der Waals surface area contributed by atoms with Crippen molar-refractivity contribution in [3.63, 3.8) is 0 Å². The van der Waals surface area contributed by atoms with Crippen LogP contribution >= 0.6 is 0 Å². The van der Waals surface area contributed by atoms with E-state index in [1.807, 2.05) is 6.08 Å². The zero-order valence-electron chi connectivity index (χ0n) is 6.42. The summed E-state index contributed by atoms with van der Waals surface area (Å²) in [5.74, 6) is 0. The molecule has 10 heavy (non-hydrogen) atoms. The fourth-order valence-electron chi connectivity index (χ4n) is 0.743. The summed E-state index contributed by atoms with van der Waals surface area (Å²) in [6.07, 6.45) is 10.2. The molecule has 1 heteroatoms. The summed E-state index contributed by atoms with van der Waals surface area (Å²) < 4.78 is 0. The van der Waals surface area contributed by atoms with E-state index >= 15 is 0 Å². The van der Waals surface area contributed by atoms with Gasteiger partial charge in [0.25, 0.3) is 0 Å². The van der Waals surface area contributed by atoms with Crippen LogP contribution in [0.3, 0.4) is 0 Å². The van der Waals surface area contributed by atoms with Crippen molar-refractivity contribution in [3.8, 4) is 0 Å². The summed E-state index contributed by atoms with van der Waals surface area (Å²) in [6.45, 7) is 3.89. The molecule has 0 bridgehead atoms. The second-order valence-electron chi connectivity index (χ2n) is 2.24. The first-order valence-electron chi connectivity index (χ1n) is 3.80. The Morgan fingerprint density at radius 1 is 1.20 bits per heavy atom. The third-order valence-electron chi connectivity index (χ3n) is 1.30. The maximum Gasteiger partial charge on any atom is 0.0431 e. The Labute approximate surface area is 63.1 Å². The molecule has 0 aromatic heterocycles. The van der Waals surface area contributed by atoms with Crippen molar-refractivity contribution >= 4 is 0 Å². The Kier molecular flexibility index (Phi) is 7.97. The van der Waals surface area contributed by atoms with Gasteiger partial charge in [-0.2, -0.15) is 0 Å². The Morgan fingerprint density at radius 3 is 2.60 bits per heavy atom. The summed E-state index contributed by atoms with van der Waals surface area (Å²) >= 11 is 0. The van der Waals surface area contributed by atoms with Crippen LogP contribution in [-0.4, -0.2) is 11.7 Å². The van der Waals surface area contributed by atoms with Crippen LogP contribution in [0.15, 0.2) is 24.8 Å². The summed E-state index contributed by atoms with van der Waals surface area (Å²) in [4.78, 5) is 0. The number of unbranched alkanes of at least 4 members (excludes halogenated alkanes) is 3. The summed E-state index contributed by atoms with van der Waals surface area (Å²) in [7, 11) is 0. The number of hydrogen-bond acceptors (Lipinski definition) is 1. The number of hydrogen-bond donors (Lipinski definition) is 1. The monoisotopic (exact) mass is 140 g/mol. The largest absolute Gasteiger partial charge is 0.396 e. The molecule has 0 saturated carbocycles. The zero-order chi connectivity index (χ0) is 7.66. The quantitative estimate of drug-likeness (QED) is 0.443. The third-order valence-corrected chi connectivity index (χ3v) is 1.30. The molecule has 0 radical (unpaired) electrons. The average Bonchev–Trinajstić information content (AvgIpc) is 1.97. The van der Waals surface area contributed by atoms with Gasteiger partial charge in [-0.05, 0) is 19.3 Å². The molecule has 0 heterocycles. The molecule has 0 amide bonds. The minimum Gasteiger partial charge on any atom is -0.396 e. The molecule has 0 aromatic rings. The first kappa shape index (κ1) is 9.44. The minimum atomic E-state index is 0.325. The first-order valence-corrected chi connectivity index (χ1v) is 3.80. The van der Waals surface area contributed by atoms with Gasteiger partial charge in [-0.3, -0.25) is 0 Å². The molecule has 0 unspecified atom stereocenters. The SMILES string of the molecule is C=C/C=C\CCCCCO. The van der Waals surface area contributed by atoms with E-state index in [-0.39, 0.29) is 0 Å². The Balaban J connectivity index is 2.90. The van der Waals surface area contributed by atoms with Crippen molar-refractivity contribution in [2.75, 3.05) is 6.61 Å². The molecule has 0 aromatic carbocycles. The molecule has 0 atom stereocenters. The highest BCUT2D eigenvalue weighted by Crippen LogP contribution is 1.99. The molecule has 0 aliphatic carbocycles. The van der Waals surface area contributed by atoms with Gasteiger partial charge in [0.05, 0.1) is 0 Å². The maximum atomic E-state index is 8.43. The normalized spacial score (nSPS) is 10.5. The number of aliphatic hydroxyl groups is 1. The van der Waals surface area contributed by atoms with E-state index in [0.717, 1.165) is 19.3 Å². The van der Waals surface area contributed by atoms with Crippen LogP contribution < -0.4 is 0 Å². The van der Waals surface area contributed by atoms with Gasteiger partial charge in [-0.25, -0.2) is 0 Å².